The van der Waals surface area contributed by atoms with Crippen molar-refractivity contribution in [1.29, 1.82) is 0 Å². The molecule has 18 atom stereocenters. The topological polar surface area (TPSA) is 210 Å². The molecule has 0 spiro atoms. The van der Waals surface area contributed by atoms with Gasteiger partial charge in [0.05, 0.1) is 35.4 Å². The summed E-state index contributed by atoms with van der Waals surface area (Å²) in [6.07, 6.45) is 23.0. The van der Waals surface area contributed by atoms with E-state index >= 15 is 0 Å². The molecule has 6 N–H and O–H groups in total. The van der Waals surface area contributed by atoms with Crippen LogP contribution >= 0.6 is 0 Å². The molecule has 12 nitrogen and oxygen atoms in total. The Bertz CT molecular complexity index is 2330. The first kappa shape index (κ1) is 49.1. The van der Waals surface area contributed by atoms with Gasteiger partial charge in [-0.3, -0.25) is 14.4 Å². The number of oxime groups is 3. The van der Waals surface area contributed by atoms with E-state index in [0.29, 0.717) is 79.8 Å². The van der Waals surface area contributed by atoms with Gasteiger partial charge in [-0.15, -0.1) is 0 Å². The minimum Gasteiger partial charge on any atom is -0.411 e. The molecule has 12 heteroatoms. The van der Waals surface area contributed by atoms with E-state index in [9.17, 15) is 40.1 Å². The van der Waals surface area contributed by atoms with E-state index < -0.39 is 6.10 Å². The first-order chi connectivity index (χ1) is 32.7. The average Bonchev–Trinajstić information content (AvgIpc) is 3.94. The quantitative estimate of drug-likeness (QED) is 0.101. The van der Waals surface area contributed by atoms with Crippen LogP contribution in [-0.4, -0.2) is 83.7 Å². The Labute approximate surface area is 409 Å². The van der Waals surface area contributed by atoms with Crippen LogP contribution < -0.4 is 0 Å². The molecule has 69 heavy (non-hydrogen) atoms. The molecule has 0 aromatic rings. The maximum Gasteiger partial charge on any atom is 0.155 e. The fourth-order valence-electron chi connectivity index (χ4n) is 19.8. The number of carbonyl (C=O) groups is 3. The fourth-order valence-corrected chi connectivity index (χ4v) is 19.8. The summed E-state index contributed by atoms with van der Waals surface area (Å²) in [5.74, 6) is 4.41. The molecule has 0 heterocycles. The molecule has 12 aliphatic carbocycles. The van der Waals surface area contributed by atoms with Crippen LogP contribution in [-0.2, 0) is 14.4 Å². The maximum atomic E-state index is 12.4. The van der Waals surface area contributed by atoms with Crippen LogP contribution in [0.5, 0.6) is 0 Å². The molecule has 0 unspecified atom stereocenters. The molecular weight excluding hydrogens is 871 g/mol. The minimum absolute atomic E-state index is 0.00301. The second kappa shape index (κ2) is 17.3. The smallest absolute Gasteiger partial charge is 0.155 e. The molecule has 12 rings (SSSR count). The van der Waals surface area contributed by atoms with E-state index in [2.05, 4.69) is 63.1 Å². The molecule has 0 amide bonds. The predicted octanol–water partition coefficient (Wildman–Crippen LogP) is 9.96. The zero-order chi connectivity index (χ0) is 49.2. The summed E-state index contributed by atoms with van der Waals surface area (Å²) in [5, 5.41) is 71.6. The van der Waals surface area contributed by atoms with Crippen LogP contribution in [0.1, 0.15) is 176 Å². The molecule has 0 saturated heterocycles. The van der Waals surface area contributed by atoms with Crippen LogP contribution in [0.15, 0.2) is 50.4 Å². The van der Waals surface area contributed by atoms with Crippen molar-refractivity contribution in [3.63, 3.8) is 0 Å². The van der Waals surface area contributed by atoms with E-state index in [0.717, 1.165) is 113 Å². The number of rotatable bonds is 0. The number of carbonyl (C=O) groups excluding carboxylic acids is 3. The molecule has 0 aromatic heterocycles. The molecule has 12 aliphatic rings. The molecule has 9 fully saturated rings. The standard InChI is InChI=1S/C19H28N2O3.C19H27NO3.C19H26O3/c1-18-8-7-12(20-23)9-11(18)3-4-13-14-5-6-16(21-24)19(14,2)10-15(22)17(13)18;1-18-8-7-12(21)9-11(18)3-4-13-14-5-6-16(20-23)19(14,2)10-15(22)17(13)18;1-18-8-7-12(20)9-11(18)3-4-13-14-5-6-16(22)19(14,2)10-15(21)17(13)18/h9,13-15,17,22-24H,3-8,10H2,1-2H3;9,13-15,17,22-23H,3-8,10H2,1-2H3;9,13-15,17,21H,3-8,10H2,1-2H3/b20-12+,21-16-;20-16-;/t3*13-,14-,15-,17+,18-,19-/m000/s1. The van der Waals surface area contributed by atoms with Crippen molar-refractivity contribution >= 4 is 34.5 Å². The van der Waals surface area contributed by atoms with Crippen LogP contribution in [0.4, 0.5) is 0 Å². The molecule has 9 saturated carbocycles. The number of aliphatic hydroxyl groups excluding tert-OH is 3. The van der Waals surface area contributed by atoms with E-state index in [-0.39, 0.29) is 74.0 Å². The molecule has 378 valence electrons. The summed E-state index contributed by atoms with van der Waals surface area (Å²) < 4.78 is 0. The Morgan fingerprint density at radius 3 is 1.19 bits per heavy atom. The van der Waals surface area contributed by atoms with Gasteiger partial charge in [0.15, 0.2) is 11.6 Å². The highest BCUT2D eigenvalue weighted by Gasteiger charge is 2.65. The highest BCUT2D eigenvalue weighted by atomic mass is 16.4. The van der Waals surface area contributed by atoms with Crippen molar-refractivity contribution in [1.82, 2.24) is 0 Å². The number of hydrogen-bond donors (Lipinski definition) is 6. The van der Waals surface area contributed by atoms with Gasteiger partial charge in [0, 0.05) is 35.5 Å². The Morgan fingerprint density at radius 2 is 0.783 bits per heavy atom. The fraction of sp³-hybridized carbons (Fsp3) is 0.789. The monoisotopic (exact) mass is 952 g/mol. The number of hydrogen-bond acceptors (Lipinski definition) is 12. The van der Waals surface area contributed by atoms with Gasteiger partial charge in [-0.2, -0.15) is 0 Å². The Morgan fingerprint density at radius 1 is 0.420 bits per heavy atom. The summed E-state index contributed by atoms with van der Waals surface area (Å²) in [6.45, 7) is 13.3. The van der Waals surface area contributed by atoms with Crippen molar-refractivity contribution in [3.05, 3.63) is 34.9 Å². The number of ketones is 3. The number of allylic oxidation sites excluding steroid dienone is 4. The van der Waals surface area contributed by atoms with Crippen molar-refractivity contribution in [2.24, 2.45) is 101 Å². The Kier molecular flexibility index (Phi) is 12.3. The first-order valence-electron chi connectivity index (χ1n) is 27.1. The van der Waals surface area contributed by atoms with E-state index in [1.54, 1.807) is 0 Å². The third-order valence-electron chi connectivity index (χ3n) is 23.3. The van der Waals surface area contributed by atoms with Gasteiger partial charge in [0.1, 0.15) is 5.78 Å². The van der Waals surface area contributed by atoms with E-state index in [1.807, 2.05) is 12.2 Å². The third kappa shape index (κ3) is 7.33. The van der Waals surface area contributed by atoms with E-state index in [4.69, 9.17) is 5.21 Å². The molecule has 0 aromatic carbocycles. The van der Waals surface area contributed by atoms with Gasteiger partial charge in [-0.1, -0.05) is 73.7 Å². The van der Waals surface area contributed by atoms with E-state index in [1.165, 1.54) is 16.7 Å². The maximum absolute atomic E-state index is 12.4. The SMILES string of the molecule is C[C@]12CC/C(=N\O)C=C1CC[C@@H]1[C@@H]2[C@@H](O)C[C@]2(C)/C(=N\O)CC[C@@H]12.C[C@]12CCC(=O)C=C1CC[C@@H]1[C@@H]2[C@@H](O)C[C@]2(C)/C(=N\O)CC[C@@H]12.C[C@]12CCC(=O)C=C1CC[C@@H]1[C@@H]2[C@@H](O)C[C@]2(C)C(=O)CC[C@@H]12. The van der Waals surface area contributed by atoms with Crippen LogP contribution in [0.25, 0.3) is 0 Å². The van der Waals surface area contributed by atoms with Crippen LogP contribution in [0.3, 0.4) is 0 Å². The molecule has 0 bridgehead atoms. The van der Waals surface area contributed by atoms with Gasteiger partial charge < -0.3 is 30.9 Å². The Hall–Kier alpha value is -3.48. The number of fused-ring (bicyclic) bond motifs is 15. The lowest BCUT2D eigenvalue weighted by Crippen LogP contribution is -2.56. The Balaban J connectivity index is 0.000000120. The summed E-state index contributed by atoms with van der Waals surface area (Å²) in [6, 6.07) is 0. The average molecular weight is 952 g/mol. The third-order valence-corrected chi connectivity index (χ3v) is 23.3. The first-order valence-corrected chi connectivity index (χ1v) is 27.1. The molecule has 0 radical (unpaired) electrons. The van der Waals surface area contributed by atoms with Crippen LogP contribution in [0, 0.1) is 85.8 Å². The van der Waals surface area contributed by atoms with Crippen molar-refractivity contribution < 1.29 is 45.3 Å². The normalized spacial score (nSPS) is 51.0. The van der Waals surface area contributed by atoms with Gasteiger partial charge in [-0.05, 0) is 203 Å². The highest BCUT2D eigenvalue weighted by molar-refractivity contribution is 5.96. The zero-order valence-electron chi connectivity index (χ0n) is 42.3. The summed E-state index contributed by atoms with van der Waals surface area (Å²) in [5.41, 5.74) is 5.73. The summed E-state index contributed by atoms with van der Waals surface area (Å²) >= 11 is 0. The number of nitrogens with zero attached hydrogens (tertiary/aromatic N) is 3. The number of aliphatic hydroxyl groups is 3. The lowest BCUT2D eigenvalue weighted by molar-refractivity contribution is -0.147. The van der Waals surface area contributed by atoms with Gasteiger partial charge in [0.2, 0.25) is 0 Å². The molecule has 0 aliphatic heterocycles. The second-order valence-corrected chi connectivity index (χ2v) is 26.0. The largest absolute Gasteiger partial charge is 0.411 e. The van der Waals surface area contributed by atoms with Crippen molar-refractivity contribution in [2.75, 3.05) is 0 Å². The van der Waals surface area contributed by atoms with Crippen LogP contribution in [0.2, 0.25) is 0 Å². The summed E-state index contributed by atoms with van der Waals surface area (Å²) in [4.78, 5) is 36.0. The van der Waals surface area contributed by atoms with Gasteiger partial charge >= 0.3 is 0 Å². The summed E-state index contributed by atoms with van der Waals surface area (Å²) in [7, 11) is 0. The van der Waals surface area contributed by atoms with Crippen molar-refractivity contribution in [3.8, 4) is 0 Å². The number of Topliss-reactive ketones (excluding diaryl/α,β-unsaturated/α-hetero) is 1. The van der Waals surface area contributed by atoms with Crippen molar-refractivity contribution in [2.45, 2.75) is 195 Å². The zero-order valence-corrected chi connectivity index (χ0v) is 42.3. The highest BCUT2D eigenvalue weighted by Crippen LogP contribution is 2.68. The lowest BCUT2D eigenvalue weighted by Gasteiger charge is -2.59. The lowest BCUT2D eigenvalue weighted by atomic mass is 9.46. The minimum atomic E-state index is -0.407. The van der Waals surface area contributed by atoms with Gasteiger partial charge in [0.25, 0.3) is 0 Å². The second-order valence-electron chi connectivity index (χ2n) is 26.0. The van der Waals surface area contributed by atoms with Gasteiger partial charge in [-0.25, -0.2) is 0 Å². The predicted molar refractivity (Wildman–Crippen MR) is 262 cm³/mol. The molecular formula is C57H81N3O9.